The molecule has 2 unspecified atom stereocenters. The number of hydrogen-bond donors (Lipinski definition) is 2. The number of nitrogens with two attached hydrogens (primary N) is 1. The van der Waals surface area contributed by atoms with Gasteiger partial charge in [-0.25, -0.2) is 0 Å². The van der Waals surface area contributed by atoms with Crippen molar-refractivity contribution < 1.29 is 9.00 Å². The lowest BCUT2D eigenvalue weighted by atomic mass is 10.2. The second-order valence-electron chi connectivity index (χ2n) is 5.03. The summed E-state index contributed by atoms with van der Waals surface area (Å²) >= 11 is 0. The van der Waals surface area contributed by atoms with Crippen molar-refractivity contribution in [2.24, 2.45) is 5.73 Å². The molecule has 0 aromatic carbocycles. The lowest BCUT2D eigenvalue weighted by Gasteiger charge is -2.17. The molecule has 1 amide bonds. The van der Waals surface area contributed by atoms with Crippen LogP contribution in [0.15, 0.2) is 0 Å². The fourth-order valence-corrected chi connectivity index (χ4v) is 1.94. The van der Waals surface area contributed by atoms with Gasteiger partial charge in [0, 0.05) is 40.3 Å². The predicted octanol–water partition coefficient (Wildman–Crippen LogP) is 0.777. The van der Waals surface area contributed by atoms with E-state index in [4.69, 9.17) is 5.73 Å². The monoisotopic (exact) mass is 248 g/mol. The molecule has 0 aliphatic rings. The van der Waals surface area contributed by atoms with Gasteiger partial charge in [-0.05, 0) is 34.1 Å². The smallest absolute Gasteiger partial charge is 0.220 e. The van der Waals surface area contributed by atoms with E-state index >= 15 is 0 Å². The fourth-order valence-electron chi connectivity index (χ4n) is 1.04. The normalized spacial score (nSPS) is 15.6. The number of carbonyl (C=O) groups is 1. The summed E-state index contributed by atoms with van der Waals surface area (Å²) in [6.45, 7) is 8.15. The van der Waals surface area contributed by atoms with E-state index in [9.17, 15) is 9.00 Å². The Balaban J connectivity index is 3.67. The first-order valence-electron chi connectivity index (χ1n) is 5.64. The molecule has 0 aromatic rings. The van der Waals surface area contributed by atoms with E-state index in [-0.39, 0.29) is 16.7 Å². The second-order valence-corrected chi connectivity index (χ2v) is 7.35. The minimum atomic E-state index is -0.906. The summed E-state index contributed by atoms with van der Waals surface area (Å²) in [6, 6.07) is 0.0504. The van der Waals surface area contributed by atoms with Crippen molar-refractivity contribution in [2.45, 2.75) is 51.3 Å². The van der Waals surface area contributed by atoms with Gasteiger partial charge in [0.05, 0.1) is 0 Å². The molecular weight excluding hydrogens is 224 g/mol. The Hall–Kier alpha value is -0.420. The largest absolute Gasteiger partial charge is 0.355 e. The number of carbonyl (C=O) groups excluding carboxylic acids is 1. The number of hydrogen-bond acceptors (Lipinski definition) is 3. The van der Waals surface area contributed by atoms with Crippen LogP contribution in [0, 0.1) is 0 Å². The first-order valence-corrected chi connectivity index (χ1v) is 6.96. The maximum atomic E-state index is 11.7. The quantitative estimate of drug-likeness (QED) is 0.729. The van der Waals surface area contributed by atoms with Crippen LogP contribution in [-0.4, -0.2) is 33.2 Å². The number of amides is 1. The number of nitrogens with one attached hydrogen (secondary N) is 1. The fraction of sp³-hybridized carbons (Fsp3) is 0.909. The van der Waals surface area contributed by atoms with Gasteiger partial charge < -0.3 is 11.1 Å². The molecule has 2 atom stereocenters. The number of rotatable bonds is 6. The lowest BCUT2D eigenvalue weighted by molar-refractivity contribution is -0.121. The average molecular weight is 248 g/mol. The van der Waals surface area contributed by atoms with Crippen LogP contribution in [0.3, 0.4) is 0 Å². The zero-order valence-corrected chi connectivity index (χ0v) is 11.5. The SMILES string of the molecule is CC(N)CCC(=O)NCCS(=O)C(C)(C)C. The third kappa shape index (κ3) is 7.82. The topological polar surface area (TPSA) is 72.2 Å². The third-order valence-electron chi connectivity index (χ3n) is 2.12. The van der Waals surface area contributed by atoms with E-state index in [1.807, 2.05) is 27.7 Å². The minimum absolute atomic E-state index is 0.0109. The maximum absolute atomic E-state index is 11.7. The molecule has 0 rings (SSSR count). The summed E-state index contributed by atoms with van der Waals surface area (Å²) in [5.74, 6) is 0.496. The van der Waals surface area contributed by atoms with E-state index in [0.717, 1.165) is 0 Å². The van der Waals surface area contributed by atoms with Crippen molar-refractivity contribution >= 4 is 16.7 Å². The van der Waals surface area contributed by atoms with E-state index < -0.39 is 10.8 Å². The molecule has 3 N–H and O–H groups in total. The molecule has 16 heavy (non-hydrogen) atoms. The molecule has 0 aromatic heterocycles. The summed E-state index contributed by atoms with van der Waals surface area (Å²) in [4.78, 5) is 11.3. The van der Waals surface area contributed by atoms with Gasteiger partial charge in [-0.3, -0.25) is 9.00 Å². The van der Waals surface area contributed by atoms with E-state index in [0.29, 0.717) is 25.1 Å². The molecule has 5 heteroatoms. The highest BCUT2D eigenvalue weighted by Crippen LogP contribution is 2.10. The molecule has 0 aliphatic heterocycles. The average Bonchev–Trinajstić information content (AvgIpc) is 2.13. The molecule has 0 saturated carbocycles. The van der Waals surface area contributed by atoms with Gasteiger partial charge in [0.15, 0.2) is 0 Å². The summed E-state index contributed by atoms with van der Waals surface area (Å²) in [5, 5.41) is 2.75. The van der Waals surface area contributed by atoms with Crippen molar-refractivity contribution in [3.8, 4) is 0 Å². The predicted molar refractivity (Wildman–Crippen MR) is 68.7 cm³/mol. The van der Waals surface area contributed by atoms with Crippen LogP contribution in [-0.2, 0) is 15.6 Å². The molecule has 96 valence electrons. The van der Waals surface area contributed by atoms with Crippen LogP contribution in [0.4, 0.5) is 0 Å². The Labute approximate surface area is 101 Å². The van der Waals surface area contributed by atoms with E-state index in [1.54, 1.807) is 0 Å². The molecule has 0 bridgehead atoms. The summed E-state index contributed by atoms with van der Waals surface area (Å²) in [5.41, 5.74) is 5.55. The van der Waals surface area contributed by atoms with Gasteiger partial charge in [0.1, 0.15) is 0 Å². The van der Waals surface area contributed by atoms with Crippen molar-refractivity contribution in [3.63, 3.8) is 0 Å². The van der Waals surface area contributed by atoms with Crippen LogP contribution >= 0.6 is 0 Å². The van der Waals surface area contributed by atoms with Crippen LogP contribution < -0.4 is 11.1 Å². The van der Waals surface area contributed by atoms with Crippen molar-refractivity contribution in [2.75, 3.05) is 12.3 Å². The Bertz CT molecular complexity index is 247. The van der Waals surface area contributed by atoms with E-state index in [1.165, 1.54) is 0 Å². The Morgan fingerprint density at radius 2 is 2.00 bits per heavy atom. The van der Waals surface area contributed by atoms with Crippen molar-refractivity contribution in [3.05, 3.63) is 0 Å². The minimum Gasteiger partial charge on any atom is -0.355 e. The van der Waals surface area contributed by atoms with Gasteiger partial charge in [-0.2, -0.15) is 0 Å². The molecule has 0 spiro atoms. The van der Waals surface area contributed by atoms with Crippen molar-refractivity contribution in [1.29, 1.82) is 0 Å². The van der Waals surface area contributed by atoms with Crippen LogP contribution in [0.1, 0.15) is 40.5 Å². The molecule has 0 aliphatic carbocycles. The summed E-state index contributed by atoms with van der Waals surface area (Å²) < 4.78 is 11.4. The van der Waals surface area contributed by atoms with Crippen molar-refractivity contribution in [1.82, 2.24) is 5.32 Å². The second kappa shape index (κ2) is 7.01. The zero-order chi connectivity index (χ0) is 12.8. The van der Waals surface area contributed by atoms with Gasteiger partial charge >= 0.3 is 0 Å². The Morgan fingerprint density at radius 1 is 1.44 bits per heavy atom. The van der Waals surface area contributed by atoms with Crippen LogP contribution in [0.25, 0.3) is 0 Å². The highest BCUT2D eigenvalue weighted by atomic mass is 32.2. The Morgan fingerprint density at radius 3 is 2.44 bits per heavy atom. The van der Waals surface area contributed by atoms with Crippen LogP contribution in [0.5, 0.6) is 0 Å². The Kier molecular flexibility index (Phi) is 6.83. The zero-order valence-electron chi connectivity index (χ0n) is 10.7. The van der Waals surface area contributed by atoms with Gasteiger partial charge in [0.2, 0.25) is 5.91 Å². The first-order chi connectivity index (χ1) is 7.23. The molecule has 0 saturated heterocycles. The standard InChI is InChI=1S/C11H24N2O2S/c1-9(12)5-6-10(14)13-7-8-16(15)11(2,3)4/h9H,5-8,12H2,1-4H3,(H,13,14). The van der Waals surface area contributed by atoms with E-state index in [2.05, 4.69) is 5.32 Å². The highest BCUT2D eigenvalue weighted by molar-refractivity contribution is 7.86. The lowest BCUT2D eigenvalue weighted by Crippen LogP contribution is -2.33. The van der Waals surface area contributed by atoms with Gasteiger partial charge in [0.25, 0.3) is 0 Å². The molecular formula is C11H24N2O2S. The highest BCUT2D eigenvalue weighted by Gasteiger charge is 2.18. The summed E-state index contributed by atoms with van der Waals surface area (Å²) in [6.07, 6.45) is 1.13. The molecule has 0 heterocycles. The molecule has 0 radical (unpaired) electrons. The van der Waals surface area contributed by atoms with Gasteiger partial charge in [-0.1, -0.05) is 0 Å². The maximum Gasteiger partial charge on any atom is 0.220 e. The van der Waals surface area contributed by atoms with Gasteiger partial charge in [-0.15, -0.1) is 0 Å². The third-order valence-corrected chi connectivity index (χ3v) is 4.06. The molecule has 4 nitrogen and oxygen atoms in total. The molecule has 0 fully saturated rings. The first kappa shape index (κ1) is 15.6. The summed E-state index contributed by atoms with van der Waals surface area (Å²) in [7, 11) is -0.906. The van der Waals surface area contributed by atoms with Crippen LogP contribution in [0.2, 0.25) is 0 Å².